The van der Waals surface area contributed by atoms with Gasteiger partial charge in [-0.25, -0.2) is 4.98 Å². The highest BCUT2D eigenvalue weighted by Crippen LogP contribution is 2.25. The van der Waals surface area contributed by atoms with Crippen molar-refractivity contribution in [3.8, 4) is 11.6 Å². The first-order valence-corrected chi connectivity index (χ1v) is 8.94. The second-order valence-corrected chi connectivity index (χ2v) is 6.89. The van der Waals surface area contributed by atoms with E-state index in [2.05, 4.69) is 52.7 Å². The number of halogens is 2. The molecule has 132 valence electrons. The number of aromatic nitrogens is 2. The first kappa shape index (κ1) is 18.2. The molecule has 0 aliphatic heterocycles. The van der Waals surface area contributed by atoms with Gasteiger partial charge in [-0.15, -0.1) is 0 Å². The molecule has 3 rings (SSSR count). The number of hydrazine groups is 1. The van der Waals surface area contributed by atoms with Crippen molar-refractivity contribution in [1.29, 1.82) is 0 Å². The summed E-state index contributed by atoms with van der Waals surface area (Å²) in [6.45, 7) is 0. The van der Waals surface area contributed by atoms with Crippen molar-refractivity contribution in [1.82, 2.24) is 20.8 Å². The van der Waals surface area contributed by atoms with E-state index >= 15 is 0 Å². The van der Waals surface area contributed by atoms with Crippen LogP contribution in [0.2, 0.25) is 0 Å². The lowest BCUT2D eigenvalue weighted by molar-refractivity contribution is 0.0842. The van der Waals surface area contributed by atoms with Gasteiger partial charge < -0.3 is 9.72 Å². The number of carbonyl (C=O) groups excluding carboxylic acids is 2. The Balaban J connectivity index is 1.70. The highest BCUT2D eigenvalue weighted by Gasteiger charge is 2.16. The quantitative estimate of drug-likeness (QED) is 0.496. The summed E-state index contributed by atoms with van der Waals surface area (Å²) in [6.07, 6.45) is 3.13. The zero-order chi connectivity index (χ0) is 18.5. The lowest BCUT2D eigenvalue weighted by Crippen LogP contribution is -2.41. The van der Waals surface area contributed by atoms with Gasteiger partial charge in [0.1, 0.15) is 17.0 Å². The van der Waals surface area contributed by atoms with Crippen LogP contribution in [0.3, 0.4) is 0 Å². The summed E-state index contributed by atoms with van der Waals surface area (Å²) < 4.78 is 7.24. The Morgan fingerprint density at radius 1 is 1.00 bits per heavy atom. The van der Waals surface area contributed by atoms with Gasteiger partial charge in [0.2, 0.25) is 5.88 Å². The van der Waals surface area contributed by atoms with Crippen LogP contribution in [-0.2, 0) is 0 Å². The number of benzene rings is 1. The van der Waals surface area contributed by atoms with Crippen LogP contribution in [0.4, 0.5) is 0 Å². The number of nitrogens with one attached hydrogen (secondary N) is 3. The smallest absolute Gasteiger partial charge is 0.286 e. The number of rotatable bonds is 4. The molecule has 7 nitrogen and oxygen atoms in total. The van der Waals surface area contributed by atoms with Crippen LogP contribution in [0.15, 0.2) is 63.8 Å². The molecule has 2 heterocycles. The van der Waals surface area contributed by atoms with E-state index in [0.29, 0.717) is 11.4 Å². The molecular formula is C17H12Br2N4O3. The maximum Gasteiger partial charge on any atom is 0.286 e. The number of carbonyl (C=O) groups is 2. The average molecular weight is 480 g/mol. The fourth-order valence-electron chi connectivity index (χ4n) is 2.03. The van der Waals surface area contributed by atoms with Crippen molar-refractivity contribution >= 4 is 43.7 Å². The molecule has 1 aromatic carbocycles. The second kappa shape index (κ2) is 8.15. The second-order valence-electron chi connectivity index (χ2n) is 5.06. The Kier molecular flexibility index (Phi) is 5.69. The van der Waals surface area contributed by atoms with Gasteiger partial charge in [0, 0.05) is 21.3 Å². The molecule has 0 bridgehead atoms. The maximum absolute atomic E-state index is 12.4. The molecule has 0 spiro atoms. The molecule has 9 heteroatoms. The Morgan fingerprint density at radius 3 is 2.54 bits per heavy atom. The molecular weight excluding hydrogens is 468 g/mol. The molecule has 0 unspecified atom stereocenters. The lowest BCUT2D eigenvalue weighted by atomic mass is 10.2. The molecule has 26 heavy (non-hydrogen) atoms. The van der Waals surface area contributed by atoms with E-state index in [1.165, 1.54) is 6.20 Å². The van der Waals surface area contributed by atoms with E-state index in [1.54, 1.807) is 42.6 Å². The fraction of sp³-hybridized carbons (Fsp3) is 0. The summed E-state index contributed by atoms with van der Waals surface area (Å²) in [6, 6.07) is 11.9. The van der Waals surface area contributed by atoms with Crippen molar-refractivity contribution < 1.29 is 14.3 Å². The summed E-state index contributed by atoms with van der Waals surface area (Å²) >= 11 is 6.59. The van der Waals surface area contributed by atoms with E-state index in [-0.39, 0.29) is 11.4 Å². The van der Waals surface area contributed by atoms with Crippen LogP contribution in [0.5, 0.6) is 11.6 Å². The molecule has 0 aliphatic rings. The first-order chi connectivity index (χ1) is 12.5. The van der Waals surface area contributed by atoms with E-state index in [1.807, 2.05) is 6.07 Å². The van der Waals surface area contributed by atoms with Crippen LogP contribution < -0.4 is 15.6 Å². The van der Waals surface area contributed by atoms with Gasteiger partial charge in [0.05, 0.1) is 0 Å². The average Bonchev–Trinajstić information content (AvgIpc) is 3.06. The number of pyridine rings is 1. The topological polar surface area (TPSA) is 96.1 Å². The van der Waals surface area contributed by atoms with E-state index < -0.39 is 11.8 Å². The van der Waals surface area contributed by atoms with Crippen LogP contribution in [0.1, 0.15) is 20.8 Å². The van der Waals surface area contributed by atoms with Crippen molar-refractivity contribution in [2.24, 2.45) is 0 Å². The monoisotopic (exact) mass is 478 g/mol. The lowest BCUT2D eigenvalue weighted by Gasteiger charge is -2.11. The van der Waals surface area contributed by atoms with E-state index in [4.69, 9.17) is 4.74 Å². The van der Waals surface area contributed by atoms with Crippen LogP contribution in [-0.4, -0.2) is 21.8 Å². The standard InChI is InChI=1S/C17H12Br2N4O3/c18-10-3-1-4-12(7-10)26-17-13(5-2-6-20-17)15(24)22-23-16(25)14-8-11(19)9-21-14/h1-9,21H,(H,22,24)(H,23,25). The van der Waals surface area contributed by atoms with Crippen molar-refractivity contribution in [3.63, 3.8) is 0 Å². The highest BCUT2D eigenvalue weighted by molar-refractivity contribution is 9.10. The molecule has 2 aromatic heterocycles. The molecule has 2 amide bonds. The third kappa shape index (κ3) is 4.50. The van der Waals surface area contributed by atoms with Crippen LogP contribution in [0, 0.1) is 0 Å². The zero-order valence-corrected chi connectivity index (χ0v) is 16.3. The predicted molar refractivity (Wildman–Crippen MR) is 102 cm³/mol. The minimum absolute atomic E-state index is 0.125. The number of H-pyrrole nitrogens is 1. The van der Waals surface area contributed by atoms with Gasteiger partial charge >= 0.3 is 0 Å². The highest BCUT2D eigenvalue weighted by atomic mass is 79.9. The summed E-state index contributed by atoms with van der Waals surface area (Å²) in [5, 5.41) is 0. The molecule has 0 aliphatic carbocycles. The van der Waals surface area contributed by atoms with Crippen molar-refractivity contribution in [2.75, 3.05) is 0 Å². The van der Waals surface area contributed by atoms with Gasteiger partial charge in [-0.2, -0.15) is 0 Å². The third-order valence-electron chi connectivity index (χ3n) is 3.21. The maximum atomic E-state index is 12.4. The Hall–Kier alpha value is -2.65. The summed E-state index contributed by atoms with van der Waals surface area (Å²) in [5.74, 6) is -0.392. The molecule has 0 atom stereocenters. The molecule has 3 aromatic rings. The number of ether oxygens (including phenoxy) is 1. The van der Waals surface area contributed by atoms with Gasteiger partial charge in [-0.3, -0.25) is 20.4 Å². The largest absolute Gasteiger partial charge is 0.438 e. The number of nitrogens with zero attached hydrogens (tertiary/aromatic N) is 1. The first-order valence-electron chi connectivity index (χ1n) is 7.36. The SMILES string of the molecule is O=C(NNC(=O)c1cccnc1Oc1cccc(Br)c1)c1cc(Br)c[nH]1. The fourth-order valence-corrected chi connectivity index (χ4v) is 2.76. The predicted octanol–water partition coefficient (Wildman–Crippen LogP) is 3.80. The van der Waals surface area contributed by atoms with E-state index in [9.17, 15) is 9.59 Å². The third-order valence-corrected chi connectivity index (χ3v) is 4.16. The Morgan fingerprint density at radius 2 is 1.81 bits per heavy atom. The minimum Gasteiger partial charge on any atom is -0.438 e. The summed E-state index contributed by atoms with van der Waals surface area (Å²) in [4.78, 5) is 31.2. The molecule has 0 radical (unpaired) electrons. The van der Waals surface area contributed by atoms with Gasteiger partial charge in [0.15, 0.2) is 0 Å². The zero-order valence-electron chi connectivity index (χ0n) is 13.1. The number of hydrogen-bond acceptors (Lipinski definition) is 4. The number of hydrogen-bond donors (Lipinski definition) is 3. The van der Waals surface area contributed by atoms with Gasteiger partial charge in [-0.1, -0.05) is 22.0 Å². The minimum atomic E-state index is -0.554. The molecule has 0 saturated heterocycles. The van der Waals surface area contributed by atoms with Crippen molar-refractivity contribution in [3.05, 3.63) is 75.1 Å². The Labute approximate surface area is 165 Å². The van der Waals surface area contributed by atoms with Gasteiger partial charge in [0.25, 0.3) is 11.8 Å². The number of aromatic amines is 1. The Bertz CT molecular complexity index is 958. The van der Waals surface area contributed by atoms with Crippen LogP contribution in [0.25, 0.3) is 0 Å². The summed E-state index contributed by atoms with van der Waals surface area (Å²) in [7, 11) is 0. The normalized spacial score (nSPS) is 10.2. The van der Waals surface area contributed by atoms with Gasteiger partial charge in [-0.05, 0) is 52.3 Å². The van der Waals surface area contributed by atoms with Crippen LogP contribution >= 0.6 is 31.9 Å². The summed E-state index contributed by atoms with van der Waals surface area (Å²) in [5.41, 5.74) is 5.15. The molecule has 0 saturated carbocycles. The van der Waals surface area contributed by atoms with Crippen molar-refractivity contribution in [2.45, 2.75) is 0 Å². The molecule has 0 fully saturated rings. The van der Waals surface area contributed by atoms with E-state index in [0.717, 1.165) is 8.95 Å². The molecule has 3 N–H and O–H groups in total. The number of amides is 2.